The number of guanidine groups is 1. The van der Waals surface area contributed by atoms with Crippen molar-refractivity contribution in [1.82, 2.24) is 4.90 Å². The lowest BCUT2D eigenvalue weighted by molar-refractivity contribution is -0.274. The average molecular weight is 508 g/mol. The second kappa shape index (κ2) is 11.1. The zero-order valence-electron chi connectivity index (χ0n) is 15.7. The predicted molar refractivity (Wildman–Crippen MR) is 116 cm³/mol. The molecule has 0 aliphatic rings. The monoisotopic (exact) mass is 508 g/mol. The highest BCUT2D eigenvalue weighted by Gasteiger charge is 2.30. The molecule has 9 heteroatoms. The molecule has 0 saturated heterocycles. The van der Waals surface area contributed by atoms with E-state index in [0.29, 0.717) is 12.2 Å². The molecule has 0 amide bonds. The summed E-state index contributed by atoms with van der Waals surface area (Å²) in [6.07, 6.45) is -4.71. The highest BCUT2D eigenvalue weighted by atomic mass is 127. The van der Waals surface area contributed by atoms with Gasteiger partial charge in [-0.3, -0.25) is 0 Å². The van der Waals surface area contributed by atoms with E-state index in [-0.39, 0.29) is 35.7 Å². The molecule has 28 heavy (non-hydrogen) atoms. The number of anilines is 1. The first-order valence-corrected chi connectivity index (χ1v) is 8.44. The number of nitrogens with zero attached hydrogens (tertiary/aromatic N) is 2. The molecule has 154 valence electrons. The van der Waals surface area contributed by atoms with Crippen LogP contribution in [0.4, 0.5) is 18.9 Å². The lowest BCUT2D eigenvalue weighted by Gasteiger charge is -2.14. The van der Waals surface area contributed by atoms with Crippen molar-refractivity contribution in [3.8, 4) is 5.75 Å². The summed E-state index contributed by atoms with van der Waals surface area (Å²) >= 11 is 0. The van der Waals surface area contributed by atoms with Crippen LogP contribution < -0.4 is 15.8 Å². The van der Waals surface area contributed by atoms with E-state index >= 15 is 0 Å². The second-order valence-electron chi connectivity index (χ2n) is 6.05. The van der Waals surface area contributed by atoms with Crippen molar-refractivity contribution >= 4 is 35.6 Å². The minimum absolute atomic E-state index is 0. The van der Waals surface area contributed by atoms with Gasteiger partial charge in [0.25, 0.3) is 0 Å². The summed E-state index contributed by atoms with van der Waals surface area (Å²) in [5.74, 6) is -0.118. The molecule has 0 spiro atoms. The quantitative estimate of drug-likeness (QED) is 0.327. The van der Waals surface area contributed by atoms with Gasteiger partial charge < -0.3 is 20.7 Å². The number of nitrogens with two attached hydrogens (primary N) is 1. The molecule has 0 bridgehead atoms. The van der Waals surface area contributed by atoms with Crippen LogP contribution in [0.25, 0.3) is 0 Å². The molecule has 0 unspecified atom stereocenters. The molecule has 0 aliphatic carbocycles. The molecule has 0 saturated carbocycles. The van der Waals surface area contributed by atoms with Gasteiger partial charge in [0.05, 0.1) is 6.54 Å². The number of hydrogen-bond acceptors (Lipinski definition) is 3. The zero-order chi connectivity index (χ0) is 19.9. The van der Waals surface area contributed by atoms with Crippen LogP contribution in [0.3, 0.4) is 0 Å². The van der Waals surface area contributed by atoms with Gasteiger partial charge in [-0.2, -0.15) is 0 Å². The lowest BCUT2D eigenvalue weighted by Crippen LogP contribution is -2.22. The topological polar surface area (TPSA) is 62.9 Å². The smallest absolute Gasteiger partial charge is 0.406 e. The fraction of sp³-hybridized carbons (Fsp3) is 0.316. The first kappa shape index (κ1) is 24.0. The van der Waals surface area contributed by atoms with E-state index in [1.807, 2.05) is 12.1 Å². The number of aliphatic imine (C=N–C) groups is 1. The highest BCUT2D eigenvalue weighted by Crippen LogP contribution is 2.23. The van der Waals surface area contributed by atoms with Crippen molar-refractivity contribution in [2.75, 3.05) is 18.9 Å². The van der Waals surface area contributed by atoms with Crippen LogP contribution in [0.2, 0.25) is 0 Å². The number of alkyl halides is 3. The summed E-state index contributed by atoms with van der Waals surface area (Å²) in [4.78, 5) is 6.47. The van der Waals surface area contributed by atoms with Crippen LogP contribution in [0.15, 0.2) is 53.5 Å². The molecule has 0 fully saturated rings. The maximum atomic E-state index is 12.2. The second-order valence-corrected chi connectivity index (χ2v) is 6.05. The van der Waals surface area contributed by atoms with Gasteiger partial charge in [-0.25, -0.2) is 4.99 Å². The third-order valence-electron chi connectivity index (χ3n) is 3.78. The van der Waals surface area contributed by atoms with Gasteiger partial charge >= 0.3 is 6.36 Å². The van der Waals surface area contributed by atoms with Crippen molar-refractivity contribution in [3.05, 3.63) is 59.7 Å². The minimum atomic E-state index is -4.71. The molecule has 0 heterocycles. The van der Waals surface area contributed by atoms with Crippen molar-refractivity contribution in [1.29, 1.82) is 0 Å². The fourth-order valence-corrected chi connectivity index (χ4v) is 2.35. The highest BCUT2D eigenvalue weighted by molar-refractivity contribution is 14.0. The van der Waals surface area contributed by atoms with Gasteiger partial charge in [-0.1, -0.05) is 31.2 Å². The third-order valence-corrected chi connectivity index (χ3v) is 3.78. The number of nitrogens with one attached hydrogen (secondary N) is 1. The summed E-state index contributed by atoms with van der Waals surface area (Å²) < 4.78 is 40.3. The van der Waals surface area contributed by atoms with Crippen LogP contribution >= 0.6 is 24.0 Å². The number of hydrogen-bond donors (Lipinski definition) is 2. The van der Waals surface area contributed by atoms with Crippen molar-refractivity contribution < 1.29 is 17.9 Å². The van der Waals surface area contributed by atoms with E-state index in [0.717, 1.165) is 18.7 Å². The number of halogens is 4. The zero-order valence-corrected chi connectivity index (χ0v) is 18.0. The molecule has 5 nitrogen and oxygen atoms in total. The Hall–Kier alpha value is -2.01. The third kappa shape index (κ3) is 8.79. The van der Waals surface area contributed by atoms with E-state index < -0.39 is 6.36 Å². The van der Waals surface area contributed by atoms with E-state index in [9.17, 15) is 13.2 Å². The fourth-order valence-electron chi connectivity index (χ4n) is 2.35. The SMILES string of the molecule is CCN(C)Cc1cccc(CN=C(N)Nc2ccc(OC(F)(F)F)cc2)c1.I. The summed E-state index contributed by atoms with van der Waals surface area (Å²) in [5.41, 5.74) is 8.59. The number of ether oxygens (including phenoxy) is 1. The molecule has 2 aromatic rings. The Morgan fingerprint density at radius 1 is 1.14 bits per heavy atom. The summed E-state index contributed by atoms with van der Waals surface area (Å²) in [7, 11) is 2.05. The van der Waals surface area contributed by atoms with Crippen molar-refractivity contribution in [2.24, 2.45) is 10.7 Å². The molecule has 0 radical (unpaired) electrons. The van der Waals surface area contributed by atoms with E-state index in [4.69, 9.17) is 5.73 Å². The first-order valence-electron chi connectivity index (χ1n) is 8.44. The summed E-state index contributed by atoms with van der Waals surface area (Å²) in [6, 6.07) is 13.4. The van der Waals surface area contributed by atoms with Gasteiger partial charge in [0.1, 0.15) is 5.75 Å². The molecule has 2 aromatic carbocycles. The van der Waals surface area contributed by atoms with Gasteiger partial charge in [0, 0.05) is 12.2 Å². The Kier molecular flexibility index (Phi) is 9.53. The largest absolute Gasteiger partial charge is 0.573 e. The predicted octanol–water partition coefficient (Wildman–Crippen LogP) is 4.58. The van der Waals surface area contributed by atoms with Gasteiger partial charge in [0.15, 0.2) is 5.96 Å². The Morgan fingerprint density at radius 3 is 2.39 bits per heavy atom. The van der Waals surface area contributed by atoms with Crippen LogP contribution in [0.1, 0.15) is 18.1 Å². The normalized spacial score (nSPS) is 11.9. The summed E-state index contributed by atoms with van der Waals surface area (Å²) in [6.45, 7) is 4.32. The van der Waals surface area contributed by atoms with Crippen LogP contribution in [0, 0.1) is 0 Å². The number of benzene rings is 2. The summed E-state index contributed by atoms with van der Waals surface area (Å²) in [5, 5.41) is 2.84. The average Bonchev–Trinajstić information content (AvgIpc) is 2.61. The van der Waals surface area contributed by atoms with Gasteiger partial charge in [-0.15, -0.1) is 37.1 Å². The Bertz CT molecular complexity index is 767. The Morgan fingerprint density at radius 2 is 1.79 bits per heavy atom. The number of rotatable bonds is 7. The molecule has 0 atom stereocenters. The van der Waals surface area contributed by atoms with E-state index in [1.165, 1.54) is 29.8 Å². The van der Waals surface area contributed by atoms with E-state index in [2.05, 4.69) is 46.1 Å². The minimum Gasteiger partial charge on any atom is -0.406 e. The Labute approximate surface area is 179 Å². The Balaban J connectivity index is 0.00000392. The molecule has 3 N–H and O–H groups in total. The van der Waals surface area contributed by atoms with Crippen LogP contribution in [-0.4, -0.2) is 30.8 Å². The molecule has 0 aromatic heterocycles. The van der Waals surface area contributed by atoms with Crippen LogP contribution in [0.5, 0.6) is 5.75 Å². The van der Waals surface area contributed by atoms with Crippen molar-refractivity contribution in [2.45, 2.75) is 26.4 Å². The molecular formula is C19H24F3IN4O. The first-order chi connectivity index (χ1) is 12.7. The lowest BCUT2D eigenvalue weighted by atomic mass is 10.1. The maximum absolute atomic E-state index is 12.2. The van der Waals surface area contributed by atoms with Gasteiger partial charge in [-0.05, 0) is 49.0 Å². The van der Waals surface area contributed by atoms with E-state index in [1.54, 1.807) is 0 Å². The molecule has 2 rings (SSSR count). The maximum Gasteiger partial charge on any atom is 0.573 e. The van der Waals surface area contributed by atoms with Crippen LogP contribution in [-0.2, 0) is 13.1 Å². The molecular weight excluding hydrogens is 484 g/mol. The molecule has 0 aliphatic heterocycles. The van der Waals surface area contributed by atoms with Crippen molar-refractivity contribution in [3.63, 3.8) is 0 Å². The standard InChI is InChI=1S/C19H23F3N4O.HI/c1-3-26(2)13-15-6-4-5-14(11-15)12-24-18(23)25-16-7-9-17(10-8-16)27-19(20,21)22;/h4-11H,3,12-13H2,1-2H3,(H3,23,24,25);1H. The van der Waals surface area contributed by atoms with Gasteiger partial charge in [0.2, 0.25) is 0 Å².